The van der Waals surface area contributed by atoms with Crippen LogP contribution in [0, 0.1) is 5.41 Å². The molecule has 0 atom stereocenters. The Morgan fingerprint density at radius 2 is 2.18 bits per heavy atom. The molecule has 17 heavy (non-hydrogen) atoms. The highest BCUT2D eigenvalue weighted by molar-refractivity contribution is 7.98. The van der Waals surface area contributed by atoms with Crippen molar-refractivity contribution in [2.24, 2.45) is 21.9 Å². The Bertz CT molecular complexity index is 375. The van der Waals surface area contributed by atoms with Crippen molar-refractivity contribution in [3.63, 3.8) is 0 Å². The predicted octanol–water partition coefficient (Wildman–Crippen LogP) is 2.72. The molecule has 1 rings (SSSR count). The summed E-state index contributed by atoms with van der Waals surface area (Å²) in [5.74, 6) is 2.14. The molecule has 4 nitrogen and oxygen atoms in total. The second kappa shape index (κ2) is 6.26. The number of thiazole rings is 1. The van der Waals surface area contributed by atoms with Crippen LogP contribution < -0.4 is 11.5 Å². The molecule has 1 aromatic heterocycles. The van der Waals surface area contributed by atoms with Crippen LogP contribution in [0.3, 0.4) is 0 Å². The largest absolute Gasteiger partial charge is 0.370 e. The third-order valence-corrected chi connectivity index (χ3v) is 3.79. The zero-order valence-corrected chi connectivity index (χ0v) is 12.2. The molecule has 4 N–H and O–H groups in total. The zero-order chi connectivity index (χ0) is 12.9. The van der Waals surface area contributed by atoms with Crippen LogP contribution in [0.5, 0.6) is 0 Å². The van der Waals surface area contributed by atoms with E-state index in [1.807, 2.05) is 17.1 Å². The number of hydrogen-bond acceptors (Lipinski definition) is 4. The van der Waals surface area contributed by atoms with Crippen LogP contribution in [0.25, 0.3) is 0 Å². The van der Waals surface area contributed by atoms with E-state index in [2.05, 4.69) is 30.7 Å². The Morgan fingerprint density at radius 3 is 2.76 bits per heavy atom. The number of guanidine groups is 1. The van der Waals surface area contributed by atoms with E-state index in [9.17, 15) is 0 Å². The molecule has 0 unspecified atom stereocenters. The highest BCUT2D eigenvalue weighted by Gasteiger charge is 2.09. The SMILES string of the molecule is CC(C)(C)CCSCc1csc(N=C(N)N)n1. The van der Waals surface area contributed by atoms with Crippen LogP contribution in [0.1, 0.15) is 32.9 Å². The van der Waals surface area contributed by atoms with E-state index >= 15 is 0 Å². The standard InChI is InChI=1S/C11H20N4S2/c1-11(2,3)4-5-16-6-8-7-17-10(14-8)15-9(12)13/h7H,4-6H2,1-3H3,(H4,12,13,14,15). The van der Waals surface area contributed by atoms with Gasteiger partial charge in [0, 0.05) is 11.1 Å². The Morgan fingerprint density at radius 1 is 1.47 bits per heavy atom. The third-order valence-electron chi connectivity index (χ3n) is 2.01. The van der Waals surface area contributed by atoms with Crippen molar-refractivity contribution in [1.82, 2.24) is 4.98 Å². The van der Waals surface area contributed by atoms with E-state index in [0.717, 1.165) is 17.2 Å². The summed E-state index contributed by atoms with van der Waals surface area (Å²) in [6, 6.07) is 0. The van der Waals surface area contributed by atoms with Gasteiger partial charge in [-0.25, -0.2) is 4.98 Å². The molecule has 96 valence electrons. The molecule has 1 aromatic rings. The van der Waals surface area contributed by atoms with Gasteiger partial charge in [0.15, 0.2) is 5.96 Å². The molecule has 0 spiro atoms. The summed E-state index contributed by atoms with van der Waals surface area (Å²) >= 11 is 3.37. The summed E-state index contributed by atoms with van der Waals surface area (Å²) in [7, 11) is 0. The smallest absolute Gasteiger partial charge is 0.212 e. The average Bonchev–Trinajstić information content (AvgIpc) is 2.58. The molecule has 0 amide bonds. The van der Waals surface area contributed by atoms with Gasteiger partial charge in [-0.2, -0.15) is 16.8 Å². The van der Waals surface area contributed by atoms with Crippen LogP contribution in [-0.4, -0.2) is 16.7 Å². The van der Waals surface area contributed by atoms with Gasteiger partial charge in [0.2, 0.25) is 5.13 Å². The number of aliphatic imine (C=N–C) groups is 1. The fourth-order valence-electron chi connectivity index (χ4n) is 1.08. The average molecular weight is 272 g/mol. The van der Waals surface area contributed by atoms with Gasteiger partial charge in [-0.15, -0.1) is 11.3 Å². The highest BCUT2D eigenvalue weighted by Crippen LogP contribution is 2.25. The molecule has 0 aromatic carbocycles. The Kier molecular flexibility index (Phi) is 5.27. The normalized spacial score (nSPS) is 11.5. The van der Waals surface area contributed by atoms with Gasteiger partial charge < -0.3 is 11.5 Å². The summed E-state index contributed by atoms with van der Waals surface area (Å²) in [5.41, 5.74) is 12.0. The first kappa shape index (κ1) is 14.3. The van der Waals surface area contributed by atoms with E-state index in [-0.39, 0.29) is 5.96 Å². The monoisotopic (exact) mass is 272 g/mol. The van der Waals surface area contributed by atoms with Crippen molar-refractivity contribution in [2.75, 3.05) is 5.75 Å². The predicted molar refractivity (Wildman–Crippen MR) is 77.8 cm³/mol. The van der Waals surface area contributed by atoms with Gasteiger partial charge in [-0.05, 0) is 17.6 Å². The number of thioether (sulfide) groups is 1. The van der Waals surface area contributed by atoms with Crippen LogP contribution in [0.15, 0.2) is 10.4 Å². The molecule has 6 heteroatoms. The van der Waals surface area contributed by atoms with E-state index in [1.54, 1.807) is 0 Å². The van der Waals surface area contributed by atoms with E-state index in [1.165, 1.54) is 17.8 Å². The maximum atomic E-state index is 5.29. The van der Waals surface area contributed by atoms with Crippen molar-refractivity contribution in [3.05, 3.63) is 11.1 Å². The molecule has 0 saturated carbocycles. The van der Waals surface area contributed by atoms with Gasteiger partial charge in [0.1, 0.15) is 0 Å². The Balaban J connectivity index is 2.33. The van der Waals surface area contributed by atoms with Crippen molar-refractivity contribution in [1.29, 1.82) is 0 Å². The summed E-state index contributed by atoms with van der Waals surface area (Å²) in [6.45, 7) is 6.77. The molecule has 1 heterocycles. The van der Waals surface area contributed by atoms with Gasteiger partial charge in [-0.1, -0.05) is 20.8 Å². The quantitative estimate of drug-likeness (QED) is 0.491. The lowest BCUT2D eigenvalue weighted by molar-refractivity contribution is 0.401. The lowest BCUT2D eigenvalue weighted by Gasteiger charge is -2.16. The summed E-state index contributed by atoms with van der Waals surface area (Å²) in [6.07, 6.45) is 1.21. The van der Waals surface area contributed by atoms with Crippen LogP contribution in [0.4, 0.5) is 5.13 Å². The number of rotatable bonds is 5. The molecule has 0 aliphatic carbocycles. The van der Waals surface area contributed by atoms with E-state index in [4.69, 9.17) is 11.5 Å². The summed E-state index contributed by atoms with van der Waals surface area (Å²) in [4.78, 5) is 8.25. The highest BCUT2D eigenvalue weighted by atomic mass is 32.2. The summed E-state index contributed by atoms with van der Waals surface area (Å²) in [5, 5.41) is 2.64. The molecule has 0 aliphatic heterocycles. The lowest BCUT2D eigenvalue weighted by Crippen LogP contribution is -2.21. The molecule has 0 radical (unpaired) electrons. The topological polar surface area (TPSA) is 77.3 Å². The molecule has 0 fully saturated rings. The first-order chi connectivity index (χ1) is 7.87. The maximum Gasteiger partial charge on any atom is 0.212 e. The van der Waals surface area contributed by atoms with Crippen molar-refractivity contribution >= 4 is 34.2 Å². The number of nitrogens with zero attached hydrogens (tertiary/aromatic N) is 2. The molecular formula is C11H20N4S2. The minimum absolute atomic E-state index is 0.0614. The Hall–Kier alpha value is -0.750. The fourth-order valence-corrected chi connectivity index (χ4v) is 3.15. The third kappa shape index (κ3) is 6.53. The minimum atomic E-state index is 0.0614. The molecular weight excluding hydrogens is 252 g/mol. The van der Waals surface area contributed by atoms with Gasteiger partial charge in [0.25, 0.3) is 0 Å². The lowest BCUT2D eigenvalue weighted by atomic mass is 9.94. The second-order valence-electron chi connectivity index (χ2n) is 5.02. The molecule has 0 saturated heterocycles. The van der Waals surface area contributed by atoms with Crippen LogP contribution >= 0.6 is 23.1 Å². The first-order valence-corrected chi connectivity index (χ1v) is 7.52. The van der Waals surface area contributed by atoms with Crippen molar-refractivity contribution < 1.29 is 0 Å². The number of hydrogen-bond donors (Lipinski definition) is 2. The molecule has 0 bridgehead atoms. The fraction of sp³-hybridized carbons (Fsp3) is 0.636. The van der Waals surface area contributed by atoms with E-state index in [0.29, 0.717) is 10.5 Å². The van der Waals surface area contributed by atoms with Crippen LogP contribution in [-0.2, 0) is 5.75 Å². The van der Waals surface area contributed by atoms with Crippen molar-refractivity contribution in [3.8, 4) is 0 Å². The first-order valence-electron chi connectivity index (χ1n) is 5.48. The van der Waals surface area contributed by atoms with Crippen LogP contribution in [0.2, 0.25) is 0 Å². The van der Waals surface area contributed by atoms with E-state index < -0.39 is 0 Å². The van der Waals surface area contributed by atoms with Crippen molar-refractivity contribution in [2.45, 2.75) is 32.9 Å². The van der Waals surface area contributed by atoms with Gasteiger partial charge >= 0.3 is 0 Å². The maximum absolute atomic E-state index is 5.29. The van der Waals surface area contributed by atoms with Gasteiger partial charge in [-0.3, -0.25) is 0 Å². The zero-order valence-electron chi connectivity index (χ0n) is 10.6. The Labute approximate surface area is 111 Å². The minimum Gasteiger partial charge on any atom is -0.370 e. The molecule has 0 aliphatic rings. The number of aromatic nitrogens is 1. The second-order valence-corrected chi connectivity index (χ2v) is 6.96. The van der Waals surface area contributed by atoms with Gasteiger partial charge in [0.05, 0.1) is 5.69 Å². The summed E-state index contributed by atoms with van der Waals surface area (Å²) < 4.78 is 0. The number of nitrogens with two attached hydrogens (primary N) is 2.